The minimum Gasteiger partial charge on any atom is -0.393 e. The van der Waals surface area contributed by atoms with E-state index < -0.39 is 0 Å². The maximum atomic E-state index is 11.8. The van der Waals surface area contributed by atoms with Gasteiger partial charge in [-0.05, 0) is 31.8 Å². The minimum absolute atomic E-state index is 0.0324. The van der Waals surface area contributed by atoms with Crippen LogP contribution >= 0.6 is 0 Å². The van der Waals surface area contributed by atoms with Gasteiger partial charge in [0.2, 0.25) is 0 Å². The fourth-order valence-corrected chi connectivity index (χ4v) is 2.85. The van der Waals surface area contributed by atoms with Gasteiger partial charge in [-0.25, -0.2) is 0 Å². The van der Waals surface area contributed by atoms with Crippen molar-refractivity contribution in [3.05, 3.63) is 23.3 Å². The van der Waals surface area contributed by atoms with Gasteiger partial charge in [0.15, 0.2) is 11.6 Å². The summed E-state index contributed by atoms with van der Waals surface area (Å²) in [7, 11) is 0. The molecule has 1 N–H and O–H groups in total. The molecule has 0 aromatic rings. The van der Waals surface area contributed by atoms with Gasteiger partial charge in [0.05, 0.1) is 11.7 Å². The first-order valence-corrected chi connectivity index (χ1v) is 6.03. The van der Waals surface area contributed by atoms with Gasteiger partial charge in [0, 0.05) is 5.41 Å². The Labute approximate surface area is 101 Å². The second kappa shape index (κ2) is 3.91. The fraction of sp³-hybridized carbons (Fsp3) is 0.571. The molecule has 0 aliphatic heterocycles. The van der Waals surface area contributed by atoms with Gasteiger partial charge < -0.3 is 5.11 Å². The zero-order valence-electron chi connectivity index (χ0n) is 10.5. The van der Waals surface area contributed by atoms with E-state index in [4.69, 9.17) is 0 Å². The molecule has 3 unspecified atom stereocenters. The second-order valence-corrected chi connectivity index (χ2v) is 5.33. The summed E-state index contributed by atoms with van der Waals surface area (Å²) in [6.45, 7) is 5.39. The number of Topliss-reactive ketones (excluding diaryl/α,β-unsaturated/α-hetero) is 1. The van der Waals surface area contributed by atoms with E-state index >= 15 is 0 Å². The molecule has 0 aromatic carbocycles. The molecule has 0 heterocycles. The van der Waals surface area contributed by atoms with E-state index in [0.717, 1.165) is 12.0 Å². The number of aliphatic hydroxyl groups is 1. The quantitative estimate of drug-likeness (QED) is 0.704. The van der Waals surface area contributed by atoms with Crippen LogP contribution in [-0.4, -0.2) is 22.8 Å². The number of allylic oxidation sites excluding steroid dienone is 4. The smallest absolute Gasteiger partial charge is 0.189 e. The first-order valence-electron chi connectivity index (χ1n) is 6.03. The average Bonchev–Trinajstić information content (AvgIpc) is 2.26. The number of aliphatic hydroxyl groups excluding tert-OH is 1. The number of ketones is 2. The summed E-state index contributed by atoms with van der Waals surface area (Å²) in [6.07, 6.45) is 4.42. The minimum atomic E-state index is -0.366. The molecule has 3 atom stereocenters. The van der Waals surface area contributed by atoms with Crippen LogP contribution in [0.4, 0.5) is 0 Å². The Balaban J connectivity index is 2.49. The Kier molecular flexibility index (Phi) is 2.82. The van der Waals surface area contributed by atoms with Crippen LogP contribution < -0.4 is 0 Å². The lowest BCUT2D eigenvalue weighted by Gasteiger charge is -2.44. The highest BCUT2D eigenvalue weighted by Gasteiger charge is 2.43. The summed E-state index contributed by atoms with van der Waals surface area (Å²) in [4.78, 5) is 23.2. The Morgan fingerprint density at radius 3 is 2.76 bits per heavy atom. The summed E-state index contributed by atoms with van der Waals surface area (Å²) < 4.78 is 0. The molecular formula is C14H18O3. The van der Waals surface area contributed by atoms with Gasteiger partial charge >= 0.3 is 0 Å². The van der Waals surface area contributed by atoms with Gasteiger partial charge in [-0.15, -0.1) is 0 Å². The fourth-order valence-electron chi connectivity index (χ4n) is 2.85. The third-order valence-corrected chi connectivity index (χ3v) is 4.32. The summed E-state index contributed by atoms with van der Waals surface area (Å²) in [5.74, 6) is -0.350. The van der Waals surface area contributed by atoms with Crippen molar-refractivity contribution in [2.75, 3.05) is 0 Å². The third kappa shape index (κ3) is 1.78. The molecule has 0 bridgehead atoms. The standard InChI is InChI=1S/C14H18O3/c1-8-12(16)5-4-10-6-13(17)11(9(2)15)7-14(8,10)3/h6-8,12,16H,4-5H2,1-3H3. The van der Waals surface area contributed by atoms with Gasteiger partial charge in [0.1, 0.15) is 0 Å². The van der Waals surface area contributed by atoms with E-state index in [0.29, 0.717) is 6.42 Å². The van der Waals surface area contributed by atoms with Crippen molar-refractivity contribution < 1.29 is 14.7 Å². The zero-order valence-corrected chi connectivity index (χ0v) is 10.5. The molecule has 0 radical (unpaired) electrons. The highest BCUT2D eigenvalue weighted by Crippen LogP contribution is 2.48. The maximum absolute atomic E-state index is 11.8. The number of fused-ring (bicyclic) bond motifs is 1. The Bertz CT molecular complexity index is 444. The normalized spacial score (nSPS) is 37.1. The summed E-state index contributed by atoms with van der Waals surface area (Å²) in [6, 6.07) is 0. The molecule has 0 amide bonds. The number of carbonyl (C=O) groups excluding carboxylic acids is 2. The highest BCUT2D eigenvalue weighted by atomic mass is 16.3. The van der Waals surface area contributed by atoms with Crippen molar-refractivity contribution in [2.45, 2.75) is 39.7 Å². The van der Waals surface area contributed by atoms with Crippen molar-refractivity contribution in [1.82, 2.24) is 0 Å². The lowest BCUT2D eigenvalue weighted by atomic mass is 9.61. The number of carbonyl (C=O) groups is 2. The molecule has 1 saturated carbocycles. The molecule has 1 fully saturated rings. The summed E-state index contributed by atoms with van der Waals surface area (Å²) >= 11 is 0. The van der Waals surface area contributed by atoms with Gasteiger partial charge in [0.25, 0.3) is 0 Å². The molecule has 0 saturated heterocycles. The van der Waals surface area contributed by atoms with Crippen molar-refractivity contribution >= 4 is 11.6 Å². The molecule has 2 aliphatic carbocycles. The van der Waals surface area contributed by atoms with E-state index in [2.05, 4.69) is 0 Å². The van der Waals surface area contributed by atoms with Crippen molar-refractivity contribution in [2.24, 2.45) is 11.3 Å². The van der Waals surface area contributed by atoms with Crippen LogP contribution in [0.3, 0.4) is 0 Å². The molecule has 3 nitrogen and oxygen atoms in total. The first-order chi connectivity index (χ1) is 7.86. The van der Waals surface area contributed by atoms with Gasteiger partial charge in [-0.3, -0.25) is 9.59 Å². The van der Waals surface area contributed by atoms with Crippen molar-refractivity contribution in [3.8, 4) is 0 Å². The van der Waals surface area contributed by atoms with E-state index in [1.165, 1.54) is 6.92 Å². The Morgan fingerprint density at radius 2 is 2.18 bits per heavy atom. The SMILES string of the molecule is CC(=O)C1=CC2(C)C(=CC1=O)CCC(O)C2C. The summed E-state index contributed by atoms with van der Waals surface area (Å²) in [5, 5.41) is 9.95. The third-order valence-electron chi connectivity index (χ3n) is 4.32. The first kappa shape index (κ1) is 12.2. The van der Waals surface area contributed by atoms with Crippen LogP contribution in [0.5, 0.6) is 0 Å². The monoisotopic (exact) mass is 234 g/mol. The Morgan fingerprint density at radius 1 is 1.53 bits per heavy atom. The molecule has 0 spiro atoms. The average molecular weight is 234 g/mol. The molecule has 2 rings (SSSR count). The van der Waals surface area contributed by atoms with E-state index in [1.807, 2.05) is 13.8 Å². The molecule has 92 valence electrons. The number of rotatable bonds is 1. The van der Waals surface area contributed by atoms with Crippen molar-refractivity contribution in [3.63, 3.8) is 0 Å². The van der Waals surface area contributed by atoms with Crippen LogP contribution in [0.15, 0.2) is 23.3 Å². The second-order valence-electron chi connectivity index (χ2n) is 5.33. The largest absolute Gasteiger partial charge is 0.393 e. The maximum Gasteiger partial charge on any atom is 0.189 e. The highest BCUT2D eigenvalue weighted by molar-refractivity contribution is 6.24. The van der Waals surface area contributed by atoms with Gasteiger partial charge in [-0.1, -0.05) is 25.5 Å². The summed E-state index contributed by atoms with van der Waals surface area (Å²) in [5.41, 5.74) is 0.953. The van der Waals surface area contributed by atoms with Crippen LogP contribution in [0.1, 0.15) is 33.6 Å². The van der Waals surface area contributed by atoms with Crippen LogP contribution in [0.2, 0.25) is 0 Å². The van der Waals surface area contributed by atoms with Crippen LogP contribution in [0, 0.1) is 11.3 Å². The van der Waals surface area contributed by atoms with Crippen molar-refractivity contribution in [1.29, 1.82) is 0 Å². The molecular weight excluding hydrogens is 216 g/mol. The molecule has 17 heavy (non-hydrogen) atoms. The number of hydrogen-bond acceptors (Lipinski definition) is 3. The van der Waals surface area contributed by atoms with E-state index in [9.17, 15) is 14.7 Å². The number of hydrogen-bond donors (Lipinski definition) is 1. The molecule has 0 aromatic heterocycles. The zero-order chi connectivity index (χ0) is 12.8. The Hall–Kier alpha value is -1.22. The van der Waals surface area contributed by atoms with Gasteiger partial charge in [-0.2, -0.15) is 0 Å². The lowest BCUT2D eigenvalue weighted by Crippen LogP contribution is -2.41. The topological polar surface area (TPSA) is 54.4 Å². The van der Waals surface area contributed by atoms with E-state index in [1.54, 1.807) is 12.2 Å². The predicted molar refractivity (Wildman–Crippen MR) is 64.4 cm³/mol. The lowest BCUT2D eigenvalue weighted by molar-refractivity contribution is -0.118. The predicted octanol–water partition coefficient (Wildman–Crippen LogP) is 1.81. The molecule has 2 aliphatic rings. The van der Waals surface area contributed by atoms with Crippen LogP contribution in [-0.2, 0) is 9.59 Å². The van der Waals surface area contributed by atoms with Crippen LogP contribution in [0.25, 0.3) is 0 Å². The molecule has 3 heteroatoms. The van der Waals surface area contributed by atoms with E-state index in [-0.39, 0.29) is 34.6 Å².